The number of rotatable bonds is 9. The molecule has 34 heavy (non-hydrogen) atoms. The van der Waals surface area contributed by atoms with Crippen LogP contribution in [0.4, 0.5) is 67.2 Å². The molecule has 3 nitrogen and oxygen atoms in total. The van der Waals surface area contributed by atoms with Gasteiger partial charge in [0.15, 0.2) is 5.78 Å². The molecule has 0 unspecified atom stereocenters. The lowest BCUT2D eigenvalue weighted by Gasteiger charge is -2.41. The number of benzene rings is 1. The van der Waals surface area contributed by atoms with Gasteiger partial charge in [0.05, 0.1) is 0 Å². The van der Waals surface area contributed by atoms with Gasteiger partial charge in [0.1, 0.15) is 0 Å². The van der Waals surface area contributed by atoms with E-state index in [2.05, 4.69) is 11.6 Å². The molecular weight excluding hydrogens is 540 g/mol. The lowest BCUT2D eigenvalue weighted by Crippen LogP contribution is -2.73. The van der Waals surface area contributed by atoms with E-state index in [9.17, 15) is 71.1 Å². The predicted octanol–water partition coefficient (Wildman–Crippen LogP) is 6.47. The summed E-state index contributed by atoms with van der Waals surface area (Å²) in [6.45, 7) is 1.00. The standard InChI is InChI=1S/C16H8ClF14NO2/c1-6(33)7-2-4-8(5-3-7)32-9(34)10(18,19)11(20,21)12(22,23)13(24,25)14(26,27)15(28,29)16(17,30)31/h2-5H,1H3,(H,32,34). The molecule has 0 atom stereocenters. The highest BCUT2D eigenvalue weighted by Crippen LogP contribution is 2.62. The summed E-state index contributed by atoms with van der Waals surface area (Å²) >= 11 is 3.48. The van der Waals surface area contributed by atoms with Gasteiger partial charge in [0.2, 0.25) is 0 Å². The molecule has 194 valence electrons. The monoisotopic (exact) mass is 547 g/mol. The number of nitrogens with one attached hydrogen (secondary N) is 1. The summed E-state index contributed by atoms with van der Waals surface area (Å²) in [5.74, 6) is -51.4. The van der Waals surface area contributed by atoms with Crippen LogP contribution in [0, 0.1) is 0 Å². The normalized spacial score (nSPS) is 14.7. The van der Waals surface area contributed by atoms with Crippen LogP contribution in [0.1, 0.15) is 17.3 Å². The van der Waals surface area contributed by atoms with E-state index in [4.69, 9.17) is 0 Å². The van der Waals surface area contributed by atoms with E-state index in [1.807, 2.05) is 0 Å². The van der Waals surface area contributed by atoms with Gasteiger partial charge in [-0.2, -0.15) is 61.5 Å². The Labute approximate surface area is 184 Å². The highest BCUT2D eigenvalue weighted by atomic mass is 35.5. The van der Waals surface area contributed by atoms with Crippen molar-refractivity contribution in [1.29, 1.82) is 0 Å². The Kier molecular flexibility index (Phi) is 7.34. The first-order valence-electron chi connectivity index (χ1n) is 8.06. The lowest BCUT2D eigenvalue weighted by molar-refractivity contribution is -0.431. The summed E-state index contributed by atoms with van der Waals surface area (Å²) in [5.41, 5.74) is -1.06. The van der Waals surface area contributed by atoms with Crippen LogP contribution < -0.4 is 5.32 Å². The van der Waals surface area contributed by atoms with Crippen molar-refractivity contribution in [3.8, 4) is 0 Å². The summed E-state index contributed by atoms with van der Waals surface area (Å²) in [6.07, 6.45) is 0. The summed E-state index contributed by atoms with van der Waals surface area (Å²) in [6, 6.07) is 2.75. The number of Topliss-reactive ketones (excluding diaryl/α,β-unsaturated/α-hetero) is 1. The first kappa shape index (κ1) is 29.7. The fourth-order valence-electron chi connectivity index (χ4n) is 2.11. The average molecular weight is 548 g/mol. The van der Waals surface area contributed by atoms with Crippen molar-refractivity contribution in [2.75, 3.05) is 5.32 Å². The minimum Gasteiger partial charge on any atom is -0.321 e. The number of ketones is 1. The Morgan fingerprint density at radius 2 is 1.00 bits per heavy atom. The summed E-state index contributed by atoms with van der Waals surface area (Å²) < 4.78 is 187. The SMILES string of the molecule is CC(=O)c1ccc(NC(=O)C(F)(F)C(F)(F)C(F)(F)C(F)(F)C(F)(F)C(F)(F)C(F)(F)Cl)cc1. The number of hydrogen-bond acceptors (Lipinski definition) is 2. The third kappa shape index (κ3) is 4.26. The maximum absolute atomic E-state index is 13.8. The molecule has 0 aliphatic carbocycles. The molecule has 1 N–H and O–H groups in total. The van der Waals surface area contributed by atoms with Gasteiger partial charge in [0, 0.05) is 11.3 Å². The molecule has 1 amide bonds. The Morgan fingerprint density at radius 3 is 1.35 bits per heavy atom. The van der Waals surface area contributed by atoms with Crippen LogP contribution in [0.25, 0.3) is 0 Å². The molecule has 0 saturated heterocycles. The number of carbonyl (C=O) groups excluding carboxylic acids is 2. The zero-order chi connectivity index (χ0) is 27.3. The lowest BCUT2D eigenvalue weighted by atomic mass is 9.91. The molecule has 0 aliphatic rings. The Balaban J connectivity index is 3.44. The minimum absolute atomic E-state index is 0.138. The number of halogens is 15. The molecule has 0 aromatic heterocycles. The molecule has 1 aromatic carbocycles. The molecule has 0 bridgehead atoms. The van der Waals surface area contributed by atoms with Crippen LogP contribution in [-0.2, 0) is 4.79 Å². The van der Waals surface area contributed by atoms with Crippen LogP contribution in [0.15, 0.2) is 24.3 Å². The second-order valence-corrected chi connectivity index (χ2v) is 7.01. The van der Waals surface area contributed by atoms with Gasteiger partial charge in [-0.1, -0.05) is 0 Å². The van der Waals surface area contributed by atoms with Crippen LogP contribution in [0.2, 0.25) is 0 Å². The zero-order valence-corrected chi connectivity index (χ0v) is 16.6. The maximum atomic E-state index is 13.8. The van der Waals surface area contributed by atoms with Crippen molar-refractivity contribution in [3.63, 3.8) is 0 Å². The molecule has 0 saturated carbocycles. The van der Waals surface area contributed by atoms with E-state index in [0.29, 0.717) is 12.1 Å². The molecule has 18 heteroatoms. The van der Waals surface area contributed by atoms with Gasteiger partial charge in [-0.3, -0.25) is 9.59 Å². The predicted molar refractivity (Wildman–Crippen MR) is 85.6 cm³/mol. The van der Waals surface area contributed by atoms with Gasteiger partial charge in [-0.25, -0.2) is 0 Å². The van der Waals surface area contributed by atoms with Crippen molar-refractivity contribution < 1.29 is 71.1 Å². The molecular formula is C16H8ClF14NO2. The van der Waals surface area contributed by atoms with Crippen molar-refractivity contribution >= 4 is 29.0 Å². The van der Waals surface area contributed by atoms with Crippen molar-refractivity contribution in [1.82, 2.24) is 0 Å². The Morgan fingerprint density at radius 1 is 0.647 bits per heavy atom. The second-order valence-electron chi connectivity index (χ2n) is 6.53. The molecule has 0 fully saturated rings. The Hall–Kier alpha value is -2.33. The van der Waals surface area contributed by atoms with E-state index in [0.717, 1.165) is 24.4 Å². The first-order valence-corrected chi connectivity index (χ1v) is 8.44. The van der Waals surface area contributed by atoms with Crippen LogP contribution in [-0.4, -0.2) is 52.6 Å². The smallest absolute Gasteiger partial charge is 0.321 e. The molecule has 1 rings (SSSR count). The third-order valence-corrected chi connectivity index (χ3v) is 4.40. The second kappa shape index (κ2) is 8.41. The van der Waals surface area contributed by atoms with Gasteiger partial charge in [-0.15, -0.1) is 0 Å². The van der Waals surface area contributed by atoms with Gasteiger partial charge in [0.25, 0.3) is 0 Å². The molecule has 0 aliphatic heterocycles. The number of anilines is 1. The van der Waals surface area contributed by atoms with Crippen LogP contribution in [0.5, 0.6) is 0 Å². The third-order valence-electron chi connectivity index (χ3n) is 4.16. The fourth-order valence-corrected chi connectivity index (χ4v) is 2.23. The van der Waals surface area contributed by atoms with Crippen molar-refractivity contribution in [2.45, 2.75) is 47.8 Å². The zero-order valence-electron chi connectivity index (χ0n) is 15.8. The first-order chi connectivity index (χ1) is 14.8. The minimum atomic E-state index is -8.32. The maximum Gasteiger partial charge on any atom is 0.393 e. The topological polar surface area (TPSA) is 46.2 Å². The number of carbonyl (C=O) groups is 2. The van der Waals surface area contributed by atoms with Gasteiger partial charge < -0.3 is 5.32 Å². The number of amides is 1. The molecule has 0 radical (unpaired) electrons. The number of alkyl halides is 15. The van der Waals surface area contributed by atoms with Gasteiger partial charge >= 0.3 is 46.8 Å². The number of hydrogen-bond donors (Lipinski definition) is 1. The summed E-state index contributed by atoms with van der Waals surface area (Å²) in [5, 5.41) is -5.90. The quantitative estimate of drug-likeness (QED) is 0.219. The summed E-state index contributed by atoms with van der Waals surface area (Å²) in [7, 11) is 0. The van der Waals surface area contributed by atoms with Crippen LogP contribution >= 0.6 is 11.6 Å². The average Bonchev–Trinajstić information content (AvgIpc) is 2.66. The van der Waals surface area contributed by atoms with E-state index >= 15 is 0 Å². The van der Waals surface area contributed by atoms with Gasteiger partial charge in [-0.05, 0) is 42.8 Å². The molecule has 0 heterocycles. The van der Waals surface area contributed by atoms with Crippen LogP contribution in [0.3, 0.4) is 0 Å². The largest absolute Gasteiger partial charge is 0.393 e. The van der Waals surface area contributed by atoms with E-state index in [1.54, 1.807) is 0 Å². The van der Waals surface area contributed by atoms with E-state index in [1.165, 1.54) is 0 Å². The highest BCUT2D eigenvalue weighted by molar-refractivity contribution is 6.22. The fraction of sp³-hybridized carbons (Fsp3) is 0.500. The Bertz CT molecular complexity index is 940. The summed E-state index contributed by atoms with van der Waals surface area (Å²) in [4.78, 5) is 22.5. The highest BCUT2D eigenvalue weighted by Gasteiger charge is 2.93. The van der Waals surface area contributed by atoms with E-state index < -0.39 is 58.3 Å². The van der Waals surface area contributed by atoms with Crippen molar-refractivity contribution in [3.05, 3.63) is 29.8 Å². The molecule has 1 aromatic rings. The van der Waals surface area contributed by atoms with E-state index in [-0.39, 0.29) is 5.56 Å². The molecule has 0 spiro atoms. The van der Waals surface area contributed by atoms with Crippen molar-refractivity contribution in [2.24, 2.45) is 0 Å².